The lowest BCUT2D eigenvalue weighted by atomic mass is 9.85. The van der Waals surface area contributed by atoms with E-state index < -0.39 is 0 Å². The molecule has 2 bridgehead atoms. The van der Waals surface area contributed by atoms with Crippen LogP contribution < -0.4 is 9.64 Å². The van der Waals surface area contributed by atoms with Crippen LogP contribution in [0, 0.1) is 23.7 Å². The number of rotatable bonds is 6. The minimum atomic E-state index is -0.356. The lowest BCUT2D eigenvalue weighted by Gasteiger charge is -2.21. The summed E-state index contributed by atoms with van der Waals surface area (Å²) in [5.41, 5.74) is 5.19. The van der Waals surface area contributed by atoms with Crippen LogP contribution in [0.1, 0.15) is 24.5 Å². The highest BCUT2D eigenvalue weighted by atomic mass is 16.5. The zero-order valence-electron chi connectivity index (χ0n) is 19.6. The molecule has 0 unspecified atom stereocenters. The van der Waals surface area contributed by atoms with E-state index in [2.05, 4.69) is 43.3 Å². The first-order valence-corrected chi connectivity index (χ1v) is 12.3. The number of hydrogen-bond donors (Lipinski definition) is 0. The molecule has 3 aromatic carbocycles. The first-order valence-electron chi connectivity index (χ1n) is 12.3. The summed E-state index contributed by atoms with van der Waals surface area (Å²) in [5.74, 6) is -0.314. The number of ether oxygens (including phenoxy) is 1. The molecule has 2 fully saturated rings. The summed E-state index contributed by atoms with van der Waals surface area (Å²) in [7, 11) is 0. The summed E-state index contributed by atoms with van der Waals surface area (Å²) >= 11 is 0. The molecule has 4 nitrogen and oxygen atoms in total. The Morgan fingerprint density at radius 2 is 1.26 bits per heavy atom. The Labute approximate surface area is 205 Å². The first-order chi connectivity index (χ1) is 17.2. The van der Waals surface area contributed by atoms with Gasteiger partial charge in [-0.1, -0.05) is 79.7 Å². The van der Waals surface area contributed by atoms with Crippen molar-refractivity contribution in [1.82, 2.24) is 0 Å². The van der Waals surface area contributed by atoms with Gasteiger partial charge in [0.25, 0.3) is 0 Å². The number of allylic oxidation sites excluding steroid dienone is 3. The SMILES string of the molecule is CCCOc1ccc(N2C(=O)[C@@H]3[C@@H](C2=O)[C@H]2C=C[C@H]3C2=C(c2ccccc2)c2ccccc2)cc1. The van der Waals surface area contributed by atoms with Crippen molar-refractivity contribution in [3.8, 4) is 5.75 Å². The quantitative estimate of drug-likeness (QED) is 0.339. The van der Waals surface area contributed by atoms with Gasteiger partial charge in [-0.25, -0.2) is 4.90 Å². The lowest BCUT2D eigenvalue weighted by Crippen LogP contribution is -2.33. The predicted molar refractivity (Wildman–Crippen MR) is 137 cm³/mol. The van der Waals surface area contributed by atoms with Gasteiger partial charge >= 0.3 is 0 Å². The number of nitrogens with zero attached hydrogens (tertiary/aromatic N) is 1. The molecule has 0 aromatic heterocycles. The topological polar surface area (TPSA) is 46.6 Å². The molecule has 1 aliphatic heterocycles. The Hall–Kier alpha value is -3.92. The molecule has 3 aromatic rings. The smallest absolute Gasteiger partial charge is 0.238 e. The highest BCUT2D eigenvalue weighted by molar-refractivity contribution is 6.23. The van der Waals surface area contributed by atoms with E-state index in [1.165, 1.54) is 10.5 Å². The van der Waals surface area contributed by atoms with E-state index in [1.807, 2.05) is 60.7 Å². The normalized spacial score (nSPS) is 24.3. The number of carbonyl (C=O) groups is 2. The molecule has 4 atom stereocenters. The number of carbonyl (C=O) groups excluding carboxylic acids is 2. The molecule has 6 rings (SSSR count). The highest BCUT2D eigenvalue weighted by Crippen LogP contribution is 2.58. The molecule has 2 amide bonds. The van der Waals surface area contributed by atoms with Crippen molar-refractivity contribution >= 4 is 23.1 Å². The molecule has 0 N–H and O–H groups in total. The Morgan fingerprint density at radius 3 is 1.74 bits per heavy atom. The monoisotopic (exact) mass is 461 g/mol. The average molecular weight is 462 g/mol. The minimum Gasteiger partial charge on any atom is -0.494 e. The van der Waals surface area contributed by atoms with E-state index in [0.29, 0.717) is 12.3 Å². The summed E-state index contributed by atoms with van der Waals surface area (Å²) in [6.45, 7) is 2.70. The van der Waals surface area contributed by atoms with E-state index >= 15 is 0 Å². The summed E-state index contributed by atoms with van der Waals surface area (Å²) in [6, 6.07) is 27.9. The molecule has 0 spiro atoms. The molecule has 174 valence electrons. The molecular weight excluding hydrogens is 434 g/mol. The van der Waals surface area contributed by atoms with Crippen molar-refractivity contribution in [2.75, 3.05) is 11.5 Å². The molecule has 4 heteroatoms. The van der Waals surface area contributed by atoms with Gasteiger partial charge < -0.3 is 4.74 Å². The maximum absolute atomic E-state index is 13.7. The second-order valence-corrected chi connectivity index (χ2v) is 9.40. The van der Waals surface area contributed by atoms with Gasteiger partial charge in [0.15, 0.2) is 0 Å². The van der Waals surface area contributed by atoms with Gasteiger partial charge in [-0.05, 0) is 53.0 Å². The molecule has 1 heterocycles. The number of anilines is 1. The van der Waals surface area contributed by atoms with E-state index in [1.54, 1.807) is 0 Å². The maximum Gasteiger partial charge on any atom is 0.238 e. The molecule has 1 saturated heterocycles. The van der Waals surface area contributed by atoms with Crippen molar-refractivity contribution < 1.29 is 14.3 Å². The fraction of sp³-hybridized carbons (Fsp3) is 0.226. The third kappa shape index (κ3) is 3.44. The summed E-state index contributed by atoms with van der Waals surface area (Å²) in [4.78, 5) is 28.8. The predicted octanol–water partition coefficient (Wildman–Crippen LogP) is 5.90. The molecule has 3 aliphatic rings. The molecular formula is C31H27NO3. The van der Waals surface area contributed by atoms with Crippen LogP contribution in [0.2, 0.25) is 0 Å². The van der Waals surface area contributed by atoms with Crippen LogP contribution in [0.15, 0.2) is 103 Å². The van der Waals surface area contributed by atoms with Crippen LogP contribution in [0.3, 0.4) is 0 Å². The van der Waals surface area contributed by atoms with E-state index in [4.69, 9.17) is 4.74 Å². The second kappa shape index (κ2) is 8.70. The zero-order chi connectivity index (χ0) is 23.9. The first kappa shape index (κ1) is 21.6. The van der Waals surface area contributed by atoms with Gasteiger partial charge in [0, 0.05) is 11.8 Å². The van der Waals surface area contributed by atoms with Gasteiger partial charge in [-0.2, -0.15) is 0 Å². The number of imide groups is 1. The van der Waals surface area contributed by atoms with Crippen molar-refractivity contribution in [3.63, 3.8) is 0 Å². The number of amides is 2. The highest BCUT2D eigenvalue weighted by Gasteiger charge is 2.62. The number of benzene rings is 3. The standard InChI is InChI=1S/C31H27NO3/c1-2-19-35-23-15-13-22(14-16-23)32-30(33)28-24-17-18-25(29(28)31(32)34)27(24)26(20-9-5-3-6-10-20)21-11-7-4-8-12-21/h3-18,24-25,28-29H,2,19H2,1H3/t24-,25-,28-,29-/m0/s1. The molecule has 2 aliphatic carbocycles. The van der Waals surface area contributed by atoms with Crippen LogP contribution in [-0.2, 0) is 9.59 Å². The van der Waals surface area contributed by atoms with Crippen LogP contribution in [0.5, 0.6) is 5.75 Å². The van der Waals surface area contributed by atoms with Gasteiger partial charge in [-0.15, -0.1) is 0 Å². The Morgan fingerprint density at radius 1 is 0.743 bits per heavy atom. The van der Waals surface area contributed by atoms with Crippen molar-refractivity contribution in [2.24, 2.45) is 23.7 Å². The van der Waals surface area contributed by atoms with Crippen molar-refractivity contribution in [1.29, 1.82) is 0 Å². The van der Waals surface area contributed by atoms with Gasteiger partial charge in [0.1, 0.15) is 5.75 Å². The van der Waals surface area contributed by atoms with Crippen LogP contribution in [0.25, 0.3) is 5.57 Å². The molecule has 1 saturated carbocycles. The third-order valence-corrected chi connectivity index (χ3v) is 7.40. The van der Waals surface area contributed by atoms with E-state index in [-0.39, 0.29) is 35.5 Å². The number of hydrogen-bond acceptors (Lipinski definition) is 3. The lowest BCUT2D eigenvalue weighted by molar-refractivity contribution is -0.122. The molecule has 35 heavy (non-hydrogen) atoms. The minimum absolute atomic E-state index is 0.0750. The third-order valence-electron chi connectivity index (χ3n) is 7.40. The van der Waals surface area contributed by atoms with Crippen LogP contribution in [-0.4, -0.2) is 18.4 Å². The largest absolute Gasteiger partial charge is 0.494 e. The van der Waals surface area contributed by atoms with Gasteiger partial charge in [0.05, 0.1) is 24.1 Å². The summed E-state index contributed by atoms with van der Waals surface area (Å²) in [5, 5.41) is 0. The fourth-order valence-corrected chi connectivity index (χ4v) is 5.97. The zero-order valence-corrected chi connectivity index (χ0v) is 19.6. The van der Waals surface area contributed by atoms with Gasteiger partial charge in [0.2, 0.25) is 11.8 Å². The van der Waals surface area contributed by atoms with Crippen LogP contribution >= 0.6 is 0 Å². The van der Waals surface area contributed by atoms with Crippen LogP contribution in [0.4, 0.5) is 5.69 Å². The fourth-order valence-electron chi connectivity index (χ4n) is 5.97. The van der Waals surface area contributed by atoms with E-state index in [0.717, 1.165) is 28.9 Å². The number of fused-ring (bicyclic) bond motifs is 5. The average Bonchev–Trinajstić information content (AvgIpc) is 3.54. The van der Waals surface area contributed by atoms with Crippen molar-refractivity contribution in [3.05, 3.63) is 114 Å². The second-order valence-electron chi connectivity index (χ2n) is 9.40. The molecule has 0 radical (unpaired) electrons. The summed E-state index contributed by atoms with van der Waals surface area (Å²) < 4.78 is 5.67. The Bertz CT molecular complexity index is 1250. The summed E-state index contributed by atoms with van der Waals surface area (Å²) in [6.07, 6.45) is 5.21. The van der Waals surface area contributed by atoms with Crippen molar-refractivity contribution in [2.45, 2.75) is 13.3 Å². The van der Waals surface area contributed by atoms with E-state index in [9.17, 15) is 9.59 Å². The van der Waals surface area contributed by atoms with Gasteiger partial charge in [-0.3, -0.25) is 9.59 Å². The maximum atomic E-state index is 13.7. The Balaban J connectivity index is 1.39. The Kier molecular flexibility index (Phi) is 5.37.